The van der Waals surface area contributed by atoms with Crippen molar-refractivity contribution in [1.82, 2.24) is 0 Å². The maximum Gasteiger partial charge on any atom is 0.0726 e. The van der Waals surface area contributed by atoms with E-state index in [-0.39, 0.29) is 5.41 Å². The molecule has 0 amide bonds. The molecule has 0 aromatic heterocycles. The smallest absolute Gasteiger partial charge is 0.0726 e. The van der Waals surface area contributed by atoms with Crippen LogP contribution in [0.4, 0.5) is 17.1 Å². The van der Waals surface area contributed by atoms with E-state index in [1.165, 1.54) is 99.8 Å². The predicted molar refractivity (Wildman–Crippen MR) is 263 cm³/mol. The molecule has 1 nitrogen and oxygen atoms in total. The van der Waals surface area contributed by atoms with Gasteiger partial charge < -0.3 is 4.90 Å². The third kappa shape index (κ3) is 4.94. The number of para-hydroxylation sites is 1. The molecule has 63 heavy (non-hydrogen) atoms. The SMILES string of the molecule is CC1(C)c2ccccc2-c2ccc(N(c3ccc4c(c3)C3(c5ccccc5-c5ccccc5-4)c4ccccc4-c4c3ccc3ccccc43)c3ccccc3-c3ccccc3)cc21. The molecule has 0 heterocycles. The lowest BCUT2D eigenvalue weighted by Gasteiger charge is -2.37. The first kappa shape index (κ1) is 36.0. The molecule has 1 atom stereocenters. The summed E-state index contributed by atoms with van der Waals surface area (Å²) in [5, 5.41) is 2.55. The van der Waals surface area contributed by atoms with Gasteiger partial charge in [-0.3, -0.25) is 0 Å². The van der Waals surface area contributed by atoms with Gasteiger partial charge in [-0.15, -0.1) is 0 Å². The van der Waals surface area contributed by atoms with Crippen LogP contribution in [-0.2, 0) is 10.8 Å². The zero-order valence-electron chi connectivity index (χ0n) is 35.3. The molecule has 10 aromatic rings. The molecular formula is C62H43N. The molecule has 13 rings (SSSR count). The van der Waals surface area contributed by atoms with Gasteiger partial charge in [0.05, 0.1) is 11.1 Å². The van der Waals surface area contributed by atoms with Gasteiger partial charge in [0.15, 0.2) is 0 Å². The van der Waals surface area contributed by atoms with Crippen LogP contribution in [0.15, 0.2) is 224 Å². The van der Waals surface area contributed by atoms with Crippen LogP contribution in [-0.4, -0.2) is 0 Å². The highest BCUT2D eigenvalue weighted by molar-refractivity contribution is 6.06. The molecule has 1 heteroatoms. The first-order valence-electron chi connectivity index (χ1n) is 22.2. The Hall–Kier alpha value is -7.74. The normalized spacial score (nSPS) is 15.7. The zero-order chi connectivity index (χ0) is 41.9. The summed E-state index contributed by atoms with van der Waals surface area (Å²) in [5.74, 6) is 0. The number of hydrogen-bond acceptors (Lipinski definition) is 1. The van der Waals surface area contributed by atoms with Gasteiger partial charge >= 0.3 is 0 Å². The minimum atomic E-state index is -0.622. The van der Waals surface area contributed by atoms with Crippen molar-refractivity contribution in [2.24, 2.45) is 0 Å². The lowest BCUT2D eigenvalue weighted by Crippen LogP contribution is -2.29. The van der Waals surface area contributed by atoms with Gasteiger partial charge in [-0.1, -0.05) is 208 Å². The molecule has 1 unspecified atom stereocenters. The van der Waals surface area contributed by atoms with Gasteiger partial charge in [-0.25, -0.2) is 0 Å². The summed E-state index contributed by atoms with van der Waals surface area (Å²) in [4.78, 5) is 2.53. The average Bonchev–Trinajstić information content (AvgIpc) is 3.73. The summed E-state index contributed by atoms with van der Waals surface area (Å²) in [6, 6.07) is 84.4. The molecule has 0 saturated carbocycles. The fourth-order valence-corrected chi connectivity index (χ4v) is 11.8. The van der Waals surface area contributed by atoms with Crippen molar-refractivity contribution in [2.75, 3.05) is 4.90 Å². The Labute approximate surface area is 369 Å². The highest BCUT2D eigenvalue weighted by Gasteiger charge is 2.50. The van der Waals surface area contributed by atoms with Crippen LogP contribution in [0.2, 0.25) is 0 Å². The maximum atomic E-state index is 2.55. The van der Waals surface area contributed by atoms with Gasteiger partial charge in [0.25, 0.3) is 0 Å². The van der Waals surface area contributed by atoms with Crippen LogP contribution in [0.3, 0.4) is 0 Å². The number of benzene rings is 10. The number of fused-ring (bicyclic) bond motifs is 17. The molecule has 3 aliphatic carbocycles. The van der Waals surface area contributed by atoms with E-state index in [0.29, 0.717) is 0 Å². The minimum Gasteiger partial charge on any atom is -0.310 e. The van der Waals surface area contributed by atoms with Gasteiger partial charge in [0, 0.05) is 22.4 Å². The number of hydrogen-bond donors (Lipinski definition) is 0. The Bertz CT molecular complexity index is 3500. The summed E-state index contributed by atoms with van der Waals surface area (Å²) >= 11 is 0. The van der Waals surface area contributed by atoms with Crippen LogP contribution in [0, 0.1) is 0 Å². The Kier molecular flexibility index (Phi) is 7.64. The molecule has 0 aliphatic heterocycles. The number of rotatable bonds is 4. The van der Waals surface area contributed by atoms with E-state index in [1.54, 1.807) is 0 Å². The molecule has 0 saturated heterocycles. The second kappa shape index (κ2) is 13.4. The number of anilines is 3. The second-order valence-corrected chi connectivity index (χ2v) is 17.9. The lowest BCUT2D eigenvalue weighted by atomic mass is 9.65. The largest absolute Gasteiger partial charge is 0.310 e. The summed E-state index contributed by atoms with van der Waals surface area (Å²) in [7, 11) is 0. The lowest BCUT2D eigenvalue weighted by molar-refractivity contribution is 0.660. The molecule has 1 spiro atoms. The number of nitrogens with zero attached hydrogens (tertiary/aromatic N) is 1. The van der Waals surface area contributed by atoms with E-state index < -0.39 is 5.41 Å². The monoisotopic (exact) mass is 801 g/mol. The van der Waals surface area contributed by atoms with Crippen molar-refractivity contribution in [3.63, 3.8) is 0 Å². The fraction of sp³-hybridized carbons (Fsp3) is 0.0645. The van der Waals surface area contributed by atoms with Crippen LogP contribution >= 0.6 is 0 Å². The Balaban J connectivity index is 1.15. The molecule has 0 radical (unpaired) electrons. The van der Waals surface area contributed by atoms with Gasteiger partial charge in [0.2, 0.25) is 0 Å². The Morgan fingerprint density at radius 2 is 0.810 bits per heavy atom. The topological polar surface area (TPSA) is 3.24 Å². The van der Waals surface area contributed by atoms with E-state index in [2.05, 4.69) is 243 Å². The zero-order valence-corrected chi connectivity index (χ0v) is 35.3. The molecule has 0 fully saturated rings. The molecule has 0 bridgehead atoms. The average molecular weight is 802 g/mol. The highest BCUT2D eigenvalue weighted by atomic mass is 15.1. The molecule has 3 aliphatic rings. The predicted octanol–water partition coefficient (Wildman–Crippen LogP) is 16.3. The highest BCUT2D eigenvalue weighted by Crippen LogP contribution is 2.63. The van der Waals surface area contributed by atoms with Crippen molar-refractivity contribution >= 4 is 27.8 Å². The van der Waals surface area contributed by atoms with Gasteiger partial charge in [-0.2, -0.15) is 0 Å². The third-order valence-electron chi connectivity index (χ3n) is 14.5. The van der Waals surface area contributed by atoms with Crippen LogP contribution in [0.1, 0.15) is 47.2 Å². The summed E-state index contributed by atoms with van der Waals surface area (Å²) < 4.78 is 0. The standard InChI is InChI=1S/C62H43N/c1-61(2)53-28-14-10-26-49(53)51-36-34-42(38-57(51)61)63(59-31-17-13-21-44(59)40-18-4-3-5-19-40)43-33-35-50-47-24-9-8-23-46(47)48-25-11-15-29-54(48)62(58(50)39-43)55-30-16-12-27-52(55)60-45-22-7-6-20-41(45)32-37-56(60)62/h3-39H,1-2H3. The van der Waals surface area contributed by atoms with E-state index in [1.807, 2.05) is 0 Å². The van der Waals surface area contributed by atoms with Crippen molar-refractivity contribution in [3.05, 3.63) is 258 Å². The van der Waals surface area contributed by atoms with Gasteiger partial charge in [-0.05, 0) is 125 Å². The fourth-order valence-electron chi connectivity index (χ4n) is 11.8. The van der Waals surface area contributed by atoms with Crippen molar-refractivity contribution < 1.29 is 0 Å². The van der Waals surface area contributed by atoms with Crippen molar-refractivity contribution in [3.8, 4) is 55.6 Å². The van der Waals surface area contributed by atoms with Gasteiger partial charge in [0.1, 0.15) is 0 Å². The first-order chi connectivity index (χ1) is 31.0. The Morgan fingerprint density at radius 3 is 1.52 bits per heavy atom. The van der Waals surface area contributed by atoms with Crippen LogP contribution in [0.25, 0.3) is 66.4 Å². The molecule has 0 N–H and O–H groups in total. The van der Waals surface area contributed by atoms with E-state index >= 15 is 0 Å². The van der Waals surface area contributed by atoms with Crippen molar-refractivity contribution in [2.45, 2.75) is 24.7 Å². The first-order valence-corrected chi connectivity index (χ1v) is 22.2. The van der Waals surface area contributed by atoms with E-state index in [4.69, 9.17) is 0 Å². The summed E-state index contributed by atoms with van der Waals surface area (Å²) in [6.07, 6.45) is 0. The minimum absolute atomic E-state index is 0.155. The quantitative estimate of drug-likeness (QED) is 0.171. The van der Waals surface area contributed by atoms with Crippen LogP contribution < -0.4 is 4.90 Å². The molecule has 10 aromatic carbocycles. The Morgan fingerprint density at radius 1 is 0.317 bits per heavy atom. The van der Waals surface area contributed by atoms with Crippen molar-refractivity contribution in [1.29, 1.82) is 0 Å². The maximum absolute atomic E-state index is 2.55. The van der Waals surface area contributed by atoms with E-state index in [0.717, 1.165) is 17.1 Å². The van der Waals surface area contributed by atoms with E-state index in [9.17, 15) is 0 Å². The summed E-state index contributed by atoms with van der Waals surface area (Å²) in [6.45, 7) is 4.76. The third-order valence-corrected chi connectivity index (χ3v) is 14.5. The second-order valence-electron chi connectivity index (χ2n) is 17.9. The van der Waals surface area contributed by atoms with Crippen LogP contribution in [0.5, 0.6) is 0 Å². The summed E-state index contributed by atoms with van der Waals surface area (Å²) in [5.41, 5.74) is 23.3. The molecule has 296 valence electrons. The molecular weight excluding hydrogens is 759 g/mol.